The molecule has 8 heteroatoms. The van der Waals surface area contributed by atoms with Crippen molar-refractivity contribution in [3.63, 3.8) is 0 Å². The zero-order chi connectivity index (χ0) is 14.9. The average Bonchev–Trinajstić information content (AvgIpc) is 2.40. The van der Waals surface area contributed by atoms with Crippen LogP contribution in [0.4, 0.5) is 11.4 Å². The number of thioether (sulfide) groups is 1. The third-order valence-corrected chi connectivity index (χ3v) is 4.53. The van der Waals surface area contributed by atoms with Crippen LogP contribution in [0.1, 0.15) is 17.3 Å². The van der Waals surface area contributed by atoms with Crippen LogP contribution in [-0.2, 0) is 0 Å². The van der Waals surface area contributed by atoms with Crippen LogP contribution in [0.3, 0.4) is 0 Å². The van der Waals surface area contributed by atoms with Gasteiger partial charge < -0.3 is 10.6 Å². The average molecular weight is 316 g/mol. The van der Waals surface area contributed by atoms with Gasteiger partial charge in [0, 0.05) is 36.2 Å². The molecule has 1 aromatic rings. The fraction of sp³-hybridized carbons (Fsp3) is 0.417. The summed E-state index contributed by atoms with van der Waals surface area (Å²) in [6.45, 7) is 3.24. The third-order valence-electron chi connectivity index (χ3n) is 3.08. The summed E-state index contributed by atoms with van der Waals surface area (Å²) < 4.78 is 0. The van der Waals surface area contributed by atoms with E-state index < -0.39 is 4.92 Å². The second-order valence-electron chi connectivity index (χ2n) is 4.58. The molecular weight excluding hydrogens is 302 g/mol. The Kier molecular flexibility index (Phi) is 4.39. The van der Waals surface area contributed by atoms with Gasteiger partial charge in [-0.1, -0.05) is 18.5 Å². The smallest absolute Gasteiger partial charge is 0.271 e. The van der Waals surface area contributed by atoms with E-state index >= 15 is 0 Å². The quantitative estimate of drug-likeness (QED) is 0.514. The van der Waals surface area contributed by atoms with Crippen LogP contribution in [-0.4, -0.2) is 39.8 Å². The first-order chi connectivity index (χ1) is 9.40. The highest BCUT2D eigenvalue weighted by molar-refractivity contribution is 7.99. The van der Waals surface area contributed by atoms with Gasteiger partial charge in [0.1, 0.15) is 0 Å². The molecule has 2 N–H and O–H groups in total. The number of nitrogens with two attached hydrogens (primary N) is 1. The van der Waals surface area contributed by atoms with Crippen LogP contribution < -0.4 is 5.73 Å². The summed E-state index contributed by atoms with van der Waals surface area (Å²) in [5.41, 5.74) is 5.75. The SMILES string of the molecule is CC1CN(C(=O)c2cc([N+](=O)[O-])cc(Cl)c2N)CCS1. The van der Waals surface area contributed by atoms with Gasteiger partial charge in [-0.3, -0.25) is 14.9 Å². The van der Waals surface area contributed by atoms with Crippen molar-refractivity contribution in [3.8, 4) is 0 Å². The zero-order valence-electron chi connectivity index (χ0n) is 10.8. The van der Waals surface area contributed by atoms with Crippen LogP contribution >= 0.6 is 23.4 Å². The van der Waals surface area contributed by atoms with Crippen molar-refractivity contribution in [1.82, 2.24) is 4.90 Å². The van der Waals surface area contributed by atoms with Crippen molar-refractivity contribution in [2.75, 3.05) is 24.6 Å². The first kappa shape index (κ1) is 14.9. The zero-order valence-corrected chi connectivity index (χ0v) is 12.4. The molecule has 1 aliphatic rings. The number of halogens is 1. The molecule has 1 aromatic carbocycles. The molecule has 20 heavy (non-hydrogen) atoms. The van der Waals surface area contributed by atoms with E-state index in [0.29, 0.717) is 18.3 Å². The van der Waals surface area contributed by atoms with E-state index in [1.54, 1.807) is 16.7 Å². The Morgan fingerprint density at radius 1 is 1.60 bits per heavy atom. The Hall–Kier alpha value is -1.47. The molecule has 6 nitrogen and oxygen atoms in total. The Morgan fingerprint density at radius 3 is 2.90 bits per heavy atom. The molecule has 0 aromatic heterocycles. The lowest BCUT2D eigenvalue weighted by molar-refractivity contribution is -0.384. The van der Waals surface area contributed by atoms with Crippen LogP contribution in [0.5, 0.6) is 0 Å². The third kappa shape index (κ3) is 2.99. The molecule has 0 spiro atoms. The normalized spacial score (nSPS) is 18.9. The summed E-state index contributed by atoms with van der Waals surface area (Å²) in [5.74, 6) is 0.537. The summed E-state index contributed by atoms with van der Waals surface area (Å²) in [6, 6.07) is 2.35. The maximum atomic E-state index is 12.4. The molecule has 1 saturated heterocycles. The number of nitrogens with zero attached hydrogens (tertiary/aromatic N) is 2. The topological polar surface area (TPSA) is 89.5 Å². The number of non-ortho nitro benzene ring substituents is 1. The number of nitro benzene ring substituents is 1. The Balaban J connectivity index is 2.35. The summed E-state index contributed by atoms with van der Waals surface area (Å²) in [4.78, 5) is 24.4. The van der Waals surface area contributed by atoms with E-state index in [1.807, 2.05) is 6.92 Å². The van der Waals surface area contributed by atoms with E-state index in [2.05, 4.69) is 0 Å². The number of hydrogen-bond donors (Lipinski definition) is 1. The number of hydrogen-bond acceptors (Lipinski definition) is 5. The van der Waals surface area contributed by atoms with Crippen LogP contribution in [0.15, 0.2) is 12.1 Å². The fourth-order valence-corrected chi connectivity index (χ4v) is 3.29. The number of amides is 1. The van der Waals surface area contributed by atoms with E-state index in [9.17, 15) is 14.9 Å². The van der Waals surface area contributed by atoms with Crippen molar-refractivity contribution in [2.45, 2.75) is 12.2 Å². The first-order valence-corrected chi connectivity index (χ1v) is 7.47. The monoisotopic (exact) mass is 315 g/mol. The lowest BCUT2D eigenvalue weighted by Gasteiger charge is -2.30. The second kappa shape index (κ2) is 5.88. The summed E-state index contributed by atoms with van der Waals surface area (Å²) in [7, 11) is 0. The van der Waals surface area contributed by atoms with Crippen molar-refractivity contribution in [3.05, 3.63) is 32.8 Å². The fourth-order valence-electron chi connectivity index (χ4n) is 2.06. The Bertz CT molecular complexity index is 567. The maximum absolute atomic E-state index is 12.4. The number of carbonyl (C=O) groups excluding carboxylic acids is 1. The van der Waals surface area contributed by atoms with E-state index in [4.69, 9.17) is 17.3 Å². The molecule has 2 rings (SSSR count). The Labute approximate surface area is 125 Å². The molecule has 1 amide bonds. The van der Waals surface area contributed by atoms with Gasteiger partial charge in [-0.2, -0.15) is 11.8 Å². The number of anilines is 1. The van der Waals surface area contributed by atoms with E-state index in [0.717, 1.165) is 11.8 Å². The minimum absolute atomic E-state index is 0.0296. The molecule has 108 valence electrons. The molecule has 0 aliphatic carbocycles. The number of carbonyl (C=O) groups is 1. The van der Waals surface area contributed by atoms with Crippen molar-refractivity contribution < 1.29 is 9.72 Å². The molecule has 0 radical (unpaired) electrons. The minimum Gasteiger partial charge on any atom is -0.397 e. The van der Waals surface area contributed by atoms with Gasteiger partial charge in [-0.25, -0.2) is 0 Å². The van der Waals surface area contributed by atoms with E-state index in [-0.39, 0.29) is 27.9 Å². The van der Waals surface area contributed by atoms with Gasteiger partial charge in [0.25, 0.3) is 11.6 Å². The minimum atomic E-state index is -0.587. The second-order valence-corrected chi connectivity index (χ2v) is 6.53. The first-order valence-electron chi connectivity index (χ1n) is 6.04. The van der Waals surface area contributed by atoms with Gasteiger partial charge in [-0.05, 0) is 0 Å². The van der Waals surface area contributed by atoms with E-state index in [1.165, 1.54) is 6.07 Å². The molecule has 0 bridgehead atoms. The largest absolute Gasteiger partial charge is 0.397 e. The van der Waals surface area contributed by atoms with Gasteiger partial charge in [0.15, 0.2) is 0 Å². The van der Waals surface area contributed by atoms with Crippen LogP contribution in [0.2, 0.25) is 5.02 Å². The highest BCUT2D eigenvalue weighted by Crippen LogP contribution is 2.30. The standard InChI is InChI=1S/C12H14ClN3O3S/c1-7-6-15(2-3-20-7)12(17)9-4-8(16(18)19)5-10(13)11(9)14/h4-5,7H,2-3,6,14H2,1H3. The van der Waals surface area contributed by atoms with Crippen molar-refractivity contribution in [1.29, 1.82) is 0 Å². The number of nitro groups is 1. The lowest BCUT2D eigenvalue weighted by atomic mass is 10.1. The summed E-state index contributed by atoms with van der Waals surface area (Å²) >= 11 is 7.66. The van der Waals surface area contributed by atoms with Crippen LogP contribution in [0, 0.1) is 10.1 Å². The predicted octanol–water partition coefficient (Wildman–Crippen LogP) is 2.41. The number of rotatable bonds is 2. The van der Waals surface area contributed by atoms with Crippen LogP contribution in [0.25, 0.3) is 0 Å². The maximum Gasteiger partial charge on any atom is 0.271 e. The molecule has 1 fully saturated rings. The highest BCUT2D eigenvalue weighted by Gasteiger charge is 2.26. The van der Waals surface area contributed by atoms with Crippen molar-refractivity contribution in [2.24, 2.45) is 0 Å². The van der Waals surface area contributed by atoms with Crippen molar-refractivity contribution >= 4 is 40.6 Å². The van der Waals surface area contributed by atoms with Gasteiger partial charge >= 0.3 is 0 Å². The number of nitrogen functional groups attached to an aromatic ring is 1. The molecule has 0 saturated carbocycles. The molecule has 1 unspecified atom stereocenters. The van der Waals surface area contributed by atoms with Gasteiger partial charge in [0.05, 0.1) is 21.2 Å². The Morgan fingerprint density at radius 2 is 2.30 bits per heavy atom. The molecular formula is C12H14ClN3O3S. The number of benzene rings is 1. The van der Waals surface area contributed by atoms with Gasteiger partial charge in [0.2, 0.25) is 0 Å². The summed E-state index contributed by atoms with van der Waals surface area (Å²) in [5, 5.41) is 11.2. The summed E-state index contributed by atoms with van der Waals surface area (Å²) in [6.07, 6.45) is 0. The molecule has 1 heterocycles. The highest BCUT2D eigenvalue weighted by atomic mass is 35.5. The predicted molar refractivity (Wildman–Crippen MR) is 80.3 cm³/mol. The molecule has 1 aliphatic heterocycles. The van der Waals surface area contributed by atoms with Gasteiger partial charge in [-0.15, -0.1) is 0 Å². The molecule has 1 atom stereocenters. The lowest BCUT2D eigenvalue weighted by Crippen LogP contribution is -2.41.